The Balaban J connectivity index is 1.86. The molecule has 0 unspecified atom stereocenters. The third-order valence-electron chi connectivity index (χ3n) is 4.25. The average Bonchev–Trinajstić information content (AvgIpc) is 2.72. The second-order valence-electron chi connectivity index (χ2n) is 6.43. The number of nitrogens with zero attached hydrogens (tertiary/aromatic N) is 2. The first-order chi connectivity index (χ1) is 13.9. The Morgan fingerprint density at radius 3 is 2.24 bits per heavy atom. The first-order valence-electron chi connectivity index (χ1n) is 8.87. The van der Waals surface area contributed by atoms with E-state index in [1.807, 2.05) is 6.92 Å². The number of nitrogens with one attached hydrogen (secondary N) is 1. The lowest BCUT2D eigenvalue weighted by molar-refractivity contribution is -0.119. The molecule has 0 aliphatic heterocycles. The molecule has 0 aliphatic carbocycles. The standard InChI is InChI=1S/C21H20FN3O3S/c1-16-2-8-20(9-3-16)29(27,28)25(19-6-4-18(22)5-7-19)15-21(26)24-14-17-10-12-23-13-11-17/h2-13H,14-15H2,1H3,(H,24,26). The fourth-order valence-electron chi connectivity index (χ4n) is 2.65. The van der Waals surface area contributed by atoms with Gasteiger partial charge in [-0.3, -0.25) is 14.1 Å². The Morgan fingerprint density at radius 1 is 1.00 bits per heavy atom. The van der Waals surface area contributed by atoms with Gasteiger partial charge in [-0.1, -0.05) is 17.7 Å². The van der Waals surface area contributed by atoms with Crippen LogP contribution >= 0.6 is 0 Å². The maximum absolute atomic E-state index is 13.3. The Morgan fingerprint density at radius 2 is 1.62 bits per heavy atom. The van der Waals surface area contributed by atoms with Crippen molar-refractivity contribution in [2.45, 2.75) is 18.4 Å². The van der Waals surface area contributed by atoms with E-state index < -0.39 is 28.3 Å². The summed E-state index contributed by atoms with van der Waals surface area (Å²) in [5.41, 5.74) is 1.95. The highest BCUT2D eigenvalue weighted by Gasteiger charge is 2.27. The van der Waals surface area contributed by atoms with E-state index in [2.05, 4.69) is 10.3 Å². The first kappa shape index (κ1) is 20.5. The summed E-state index contributed by atoms with van der Waals surface area (Å²) < 4.78 is 40.7. The molecule has 0 atom stereocenters. The lowest BCUT2D eigenvalue weighted by Gasteiger charge is -2.24. The number of carbonyl (C=O) groups is 1. The number of hydrogen-bond donors (Lipinski definition) is 1. The maximum atomic E-state index is 13.3. The molecule has 1 heterocycles. The molecule has 0 bridgehead atoms. The van der Waals surface area contributed by atoms with Crippen LogP contribution in [0.2, 0.25) is 0 Å². The van der Waals surface area contributed by atoms with Gasteiger partial charge in [0.25, 0.3) is 10.0 Å². The molecule has 3 rings (SSSR count). The Labute approximate surface area is 169 Å². The molecule has 1 aromatic heterocycles. The number of anilines is 1. The zero-order chi connectivity index (χ0) is 20.9. The molecular weight excluding hydrogens is 393 g/mol. The van der Waals surface area contributed by atoms with Crippen molar-refractivity contribution < 1.29 is 17.6 Å². The van der Waals surface area contributed by atoms with Gasteiger partial charge in [0, 0.05) is 18.9 Å². The molecule has 0 aliphatic rings. The first-order valence-corrected chi connectivity index (χ1v) is 10.3. The van der Waals surface area contributed by atoms with Crippen molar-refractivity contribution in [3.05, 3.63) is 90.0 Å². The van der Waals surface area contributed by atoms with E-state index in [1.165, 1.54) is 24.3 Å². The molecular formula is C21H20FN3O3S. The van der Waals surface area contributed by atoms with Gasteiger partial charge in [0.1, 0.15) is 12.4 Å². The molecule has 3 aromatic rings. The molecule has 0 saturated carbocycles. The van der Waals surface area contributed by atoms with E-state index in [1.54, 1.807) is 36.7 Å². The van der Waals surface area contributed by atoms with Crippen LogP contribution in [0.3, 0.4) is 0 Å². The van der Waals surface area contributed by atoms with E-state index in [4.69, 9.17) is 0 Å². The van der Waals surface area contributed by atoms with Crippen LogP contribution in [0.4, 0.5) is 10.1 Å². The van der Waals surface area contributed by atoms with Gasteiger partial charge in [-0.2, -0.15) is 0 Å². The highest BCUT2D eigenvalue weighted by atomic mass is 32.2. The molecule has 1 N–H and O–H groups in total. The van der Waals surface area contributed by atoms with Gasteiger partial charge in [0.05, 0.1) is 10.6 Å². The van der Waals surface area contributed by atoms with Gasteiger partial charge >= 0.3 is 0 Å². The van der Waals surface area contributed by atoms with E-state index >= 15 is 0 Å². The summed E-state index contributed by atoms with van der Waals surface area (Å²) in [6.45, 7) is 1.65. The second-order valence-corrected chi connectivity index (χ2v) is 8.30. The van der Waals surface area contributed by atoms with Gasteiger partial charge in [0.2, 0.25) is 5.91 Å². The summed E-state index contributed by atoms with van der Waals surface area (Å²) in [5.74, 6) is -0.981. The van der Waals surface area contributed by atoms with Crippen LogP contribution in [-0.4, -0.2) is 25.9 Å². The van der Waals surface area contributed by atoms with Crippen molar-refractivity contribution in [3.8, 4) is 0 Å². The normalized spacial score (nSPS) is 11.1. The summed E-state index contributed by atoms with van der Waals surface area (Å²) in [6.07, 6.45) is 3.21. The van der Waals surface area contributed by atoms with Crippen LogP contribution in [0.15, 0.2) is 78.0 Å². The number of rotatable bonds is 7. The Hall–Kier alpha value is -3.26. The zero-order valence-corrected chi connectivity index (χ0v) is 16.6. The van der Waals surface area contributed by atoms with Crippen molar-refractivity contribution >= 4 is 21.6 Å². The Kier molecular flexibility index (Phi) is 6.23. The number of aromatic nitrogens is 1. The lowest BCUT2D eigenvalue weighted by atomic mass is 10.2. The van der Waals surface area contributed by atoms with Crippen LogP contribution in [0.5, 0.6) is 0 Å². The largest absolute Gasteiger partial charge is 0.350 e. The Bertz CT molecular complexity index is 1070. The third-order valence-corrected chi connectivity index (χ3v) is 6.04. The zero-order valence-electron chi connectivity index (χ0n) is 15.7. The molecule has 1 amide bonds. The second kappa shape index (κ2) is 8.83. The van der Waals surface area contributed by atoms with Crippen LogP contribution in [-0.2, 0) is 21.4 Å². The fraction of sp³-hybridized carbons (Fsp3) is 0.143. The SMILES string of the molecule is Cc1ccc(S(=O)(=O)N(CC(=O)NCc2ccncc2)c2ccc(F)cc2)cc1. The number of benzene rings is 2. The van der Waals surface area contributed by atoms with E-state index in [-0.39, 0.29) is 17.1 Å². The number of amides is 1. The summed E-state index contributed by atoms with van der Waals surface area (Å²) in [7, 11) is -4.02. The number of sulfonamides is 1. The maximum Gasteiger partial charge on any atom is 0.264 e. The quantitative estimate of drug-likeness (QED) is 0.646. The number of aryl methyl sites for hydroxylation is 1. The molecule has 150 valence electrons. The summed E-state index contributed by atoms with van der Waals surface area (Å²) >= 11 is 0. The van der Waals surface area contributed by atoms with Crippen LogP contribution in [0, 0.1) is 12.7 Å². The minimum absolute atomic E-state index is 0.0503. The van der Waals surface area contributed by atoms with Crippen LogP contribution < -0.4 is 9.62 Å². The molecule has 8 heteroatoms. The average molecular weight is 413 g/mol. The van der Waals surface area contributed by atoms with Crippen molar-refractivity contribution in [1.82, 2.24) is 10.3 Å². The monoisotopic (exact) mass is 413 g/mol. The van der Waals surface area contributed by atoms with E-state index in [0.29, 0.717) is 0 Å². The van der Waals surface area contributed by atoms with E-state index in [9.17, 15) is 17.6 Å². The highest BCUT2D eigenvalue weighted by molar-refractivity contribution is 7.92. The molecule has 29 heavy (non-hydrogen) atoms. The fourth-order valence-corrected chi connectivity index (χ4v) is 4.07. The predicted molar refractivity (Wildman–Crippen MR) is 108 cm³/mol. The van der Waals surface area contributed by atoms with Gasteiger partial charge in [-0.05, 0) is 61.0 Å². The van der Waals surface area contributed by atoms with Gasteiger partial charge in [0.15, 0.2) is 0 Å². The number of carbonyl (C=O) groups excluding carboxylic acids is 1. The lowest BCUT2D eigenvalue weighted by Crippen LogP contribution is -2.40. The van der Waals surface area contributed by atoms with Gasteiger partial charge in [-0.15, -0.1) is 0 Å². The minimum Gasteiger partial charge on any atom is -0.350 e. The summed E-state index contributed by atoms with van der Waals surface area (Å²) in [4.78, 5) is 16.5. The number of halogens is 1. The molecule has 0 spiro atoms. The molecule has 6 nitrogen and oxygen atoms in total. The van der Waals surface area contributed by atoms with Gasteiger partial charge in [-0.25, -0.2) is 12.8 Å². The van der Waals surface area contributed by atoms with E-state index in [0.717, 1.165) is 27.6 Å². The van der Waals surface area contributed by atoms with Crippen LogP contribution in [0.1, 0.15) is 11.1 Å². The molecule has 2 aromatic carbocycles. The summed E-state index contributed by atoms with van der Waals surface area (Å²) in [5, 5.41) is 2.70. The van der Waals surface area contributed by atoms with Crippen molar-refractivity contribution in [2.75, 3.05) is 10.8 Å². The predicted octanol–water partition coefficient (Wildman–Crippen LogP) is 3.04. The number of pyridine rings is 1. The minimum atomic E-state index is -4.02. The van der Waals surface area contributed by atoms with Crippen molar-refractivity contribution in [3.63, 3.8) is 0 Å². The molecule has 0 radical (unpaired) electrons. The van der Waals surface area contributed by atoms with Crippen molar-refractivity contribution in [1.29, 1.82) is 0 Å². The van der Waals surface area contributed by atoms with Gasteiger partial charge < -0.3 is 5.32 Å². The summed E-state index contributed by atoms with van der Waals surface area (Å²) in [6, 6.07) is 14.8. The van der Waals surface area contributed by atoms with Crippen molar-refractivity contribution in [2.24, 2.45) is 0 Å². The van der Waals surface area contributed by atoms with Crippen LogP contribution in [0.25, 0.3) is 0 Å². The topological polar surface area (TPSA) is 79.4 Å². The number of hydrogen-bond acceptors (Lipinski definition) is 4. The highest BCUT2D eigenvalue weighted by Crippen LogP contribution is 2.24. The third kappa shape index (κ3) is 5.17. The molecule has 0 saturated heterocycles. The molecule has 0 fully saturated rings. The smallest absolute Gasteiger partial charge is 0.264 e.